The SMILES string of the molecule is O=C(O)CCn1c(=O)[nH]c2ccnnc21. The Morgan fingerprint density at radius 3 is 3.13 bits per heavy atom. The highest BCUT2D eigenvalue weighted by Gasteiger charge is 2.08. The predicted octanol–water partition coefficient (Wildman–Crippen LogP) is -0.406. The molecule has 0 bridgehead atoms. The summed E-state index contributed by atoms with van der Waals surface area (Å²) in [6.07, 6.45) is 1.34. The molecule has 2 heterocycles. The summed E-state index contributed by atoms with van der Waals surface area (Å²) < 4.78 is 1.26. The fraction of sp³-hybridized carbons (Fsp3) is 0.250. The molecular formula is C8H8N4O3. The van der Waals surface area contributed by atoms with Gasteiger partial charge in [0.05, 0.1) is 18.1 Å². The molecule has 2 aromatic rings. The molecule has 0 aliphatic rings. The number of nitrogens with one attached hydrogen (secondary N) is 1. The highest BCUT2D eigenvalue weighted by Crippen LogP contribution is 2.04. The number of imidazole rings is 1. The van der Waals surface area contributed by atoms with E-state index in [4.69, 9.17) is 5.11 Å². The van der Waals surface area contributed by atoms with Gasteiger partial charge in [-0.2, -0.15) is 5.10 Å². The first kappa shape index (κ1) is 9.38. The Balaban J connectivity index is 2.45. The van der Waals surface area contributed by atoms with Crippen LogP contribution in [0.1, 0.15) is 6.42 Å². The quantitative estimate of drug-likeness (QED) is 0.714. The third-order valence-corrected chi connectivity index (χ3v) is 1.99. The molecule has 0 amide bonds. The Hall–Kier alpha value is -2.18. The second kappa shape index (κ2) is 3.52. The normalized spacial score (nSPS) is 10.7. The number of H-pyrrole nitrogens is 1. The number of carboxylic acids is 1. The zero-order valence-electron chi connectivity index (χ0n) is 7.67. The zero-order valence-corrected chi connectivity index (χ0v) is 7.67. The standard InChI is InChI=1S/C8H8N4O3/c13-6(14)2-4-12-7-5(10-8(12)15)1-3-9-11-7/h1,3H,2,4H2,(H,10,15)(H,13,14). The first-order chi connectivity index (χ1) is 7.18. The predicted molar refractivity (Wildman–Crippen MR) is 50.4 cm³/mol. The lowest BCUT2D eigenvalue weighted by atomic mass is 10.4. The highest BCUT2D eigenvalue weighted by atomic mass is 16.4. The van der Waals surface area contributed by atoms with Crippen LogP contribution in [0.2, 0.25) is 0 Å². The minimum Gasteiger partial charge on any atom is -0.481 e. The summed E-state index contributed by atoms with van der Waals surface area (Å²) in [5.74, 6) is -0.958. The molecule has 0 aliphatic heterocycles. The van der Waals surface area contributed by atoms with Gasteiger partial charge in [-0.15, -0.1) is 5.10 Å². The van der Waals surface area contributed by atoms with Crippen molar-refractivity contribution in [3.63, 3.8) is 0 Å². The Morgan fingerprint density at radius 1 is 1.60 bits per heavy atom. The van der Waals surface area contributed by atoms with E-state index in [9.17, 15) is 9.59 Å². The third kappa shape index (κ3) is 1.71. The van der Waals surface area contributed by atoms with E-state index in [1.54, 1.807) is 6.07 Å². The third-order valence-electron chi connectivity index (χ3n) is 1.99. The van der Waals surface area contributed by atoms with E-state index in [2.05, 4.69) is 15.2 Å². The number of aryl methyl sites for hydroxylation is 1. The molecule has 0 atom stereocenters. The fourth-order valence-electron chi connectivity index (χ4n) is 1.32. The molecule has 78 valence electrons. The largest absolute Gasteiger partial charge is 0.481 e. The molecule has 0 saturated carbocycles. The van der Waals surface area contributed by atoms with Crippen molar-refractivity contribution in [1.82, 2.24) is 19.7 Å². The minimum atomic E-state index is -0.958. The van der Waals surface area contributed by atoms with Gasteiger partial charge in [-0.3, -0.25) is 9.36 Å². The van der Waals surface area contributed by atoms with Gasteiger partial charge < -0.3 is 10.1 Å². The molecule has 15 heavy (non-hydrogen) atoms. The van der Waals surface area contributed by atoms with E-state index in [1.165, 1.54) is 10.8 Å². The average Bonchev–Trinajstić information content (AvgIpc) is 2.50. The monoisotopic (exact) mass is 208 g/mol. The number of fused-ring (bicyclic) bond motifs is 1. The van der Waals surface area contributed by atoms with Crippen molar-refractivity contribution in [3.8, 4) is 0 Å². The number of aromatic nitrogens is 4. The molecule has 0 saturated heterocycles. The molecule has 0 unspecified atom stereocenters. The second-order valence-corrected chi connectivity index (χ2v) is 2.99. The molecule has 0 fully saturated rings. The molecule has 0 spiro atoms. The van der Waals surface area contributed by atoms with Gasteiger partial charge in [-0.1, -0.05) is 0 Å². The van der Waals surface area contributed by atoms with E-state index in [0.29, 0.717) is 11.2 Å². The van der Waals surface area contributed by atoms with Gasteiger partial charge in [0.2, 0.25) is 0 Å². The van der Waals surface area contributed by atoms with Crippen molar-refractivity contribution >= 4 is 17.1 Å². The summed E-state index contributed by atoms with van der Waals surface area (Å²) >= 11 is 0. The van der Waals surface area contributed by atoms with Crippen molar-refractivity contribution in [1.29, 1.82) is 0 Å². The van der Waals surface area contributed by atoms with E-state index in [1.807, 2.05) is 0 Å². The van der Waals surface area contributed by atoms with Crippen LogP contribution < -0.4 is 5.69 Å². The van der Waals surface area contributed by atoms with Crippen LogP contribution in [0.5, 0.6) is 0 Å². The first-order valence-corrected chi connectivity index (χ1v) is 4.30. The van der Waals surface area contributed by atoms with E-state index in [-0.39, 0.29) is 18.7 Å². The molecule has 0 aliphatic carbocycles. The van der Waals surface area contributed by atoms with E-state index < -0.39 is 5.97 Å². The molecule has 2 rings (SSSR count). The number of rotatable bonds is 3. The maximum Gasteiger partial charge on any atom is 0.327 e. The lowest BCUT2D eigenvalue weighted by molar-refractivity contribution is -0.137. The summed E-state index contributed by atoms with van der Waals surface area (Å²) in [6, 6.07) is 1.61. The summed E-state index contributed by atoms with van der Waals surface area (Å²) in [4.78, 5) is 24.3. The van der Waals surface area contributed by atoms with Crippen LogP contribution in [0.15, 0.2) is 17.1 Å². The van der Waals surface area contributed by atoms with E-state index >= 15 is 0 Å². The van der Waals surface area contributed by atoms with Crippen LogP contribution in [-0.2, 0) is 11.3 Å². The van der Waals surface area contributed by atoms with Gasteiger partial charge in [-0.05, 0) is 6.07 Å². The molecule has 2 aromatic heterocycles. The van der Waals surface area contributed by atoms with Gasteiger partial charge in [-0.25, -0.2) is 4.79 Å². The van der Waals surface area contributed by atoms with Crippen molar-refractivity contribution in [2.75, 3.05) is 0 Å². The number of hydrogen-bond acceptors (Lipinski definition) is 4. The van der Waals surface area contributed by atoms with Crippen molar-refractivity contribution in [2.24, 2.45) is 0 Å². The molecule has 2 N–H and O–H groups in total. The molecular weight excluding hydrogens is 200 g/mol. The van der Waals surface area contributed by atoms with Gasteiger partial charge in [0.15, 0.2) is 5.65 Å². The number of carbonyl (C=O) groups is 1. The van der Waals surface area contributed by atoms with Crippen LogP contribution in [0.3, 0.4) is 0 Å². The Bertz CT molecular complexity index is 556. The van der Waals surface area contributed by atoms with Gasteiger partial charge in [0.25, 0.3) is 0 Å². The summed E-state index contributed by atoms with van der Waals surface area (Å²) in [5.41, 5.74) is 0.566. The van der Waals surface area contributed by atoms with Gasteiger partial charge in [0, 0.05) is 6.54 Å². The number of aromatic amines is 1. The second-order valence-electron chi connectivity index (χ2n) is 2.99. The average molecular weight is 208 g/mol. The van der Waals surface area contributed by atoms with Crippen molar-refractivity contribution in [2.45, 2.75) is 13.0 Å². The van der Waals surface area contributed by atoms with Crippen LogP contribution in [0.4, 0.5) is 0 Å². The topological polar surface area (TPSA) is 101 Å². The Kier molecular flexibility index (Phi) is 2.20. The lowest BCUT2D eigenvalue weighted by Crippen LogP contribution is -2.18. The summed E-state index contributed by atoms with van der Waals surface area (Å²) in [6.45, 7) is 0.0901. The summed E-state index contributed by atoms with van der Waals surface area (Å²) in [7, 11) is 0. The van der Waals surface area contributed by atoms with Crippen molar-refractivity contribution < 1.29 is 9.90 Å². The fourth-order valence-corrected chi connectivity index (χ4v) is 1.32. The van der Waals surface area contributed by atoms with Crippen molar-refractivity contribution in [3.05, 3.63) is 22.7 Å². The number of carboxylic acid groups (broad SMARTS) is 1. The first-order valence-electron chi connectivity index (χ1n) is 4.30. The highest BCUT2D eigenvalue weighted by molar-refractivity contribution is 5.70. The number of aliphatic carboxylic acids is 1. The smallest absolute Gasteiger partial charge is 0.327 e. The maximum absolute atomic E-state index is 11.4. The van der Waals surface area contributed by atoms with E-state index in [0.717, 1.165) is 0 Å². The van der Waals surface area contributed by atoms with Crippen LogP contribution >= 0.6 is 0 Å². The van der Waals surface area contributed by atoms with Gasteiger partial charge >= 0.3 is 11.7 Å². The molecule has 7 nitrogen and oxygen atoms in total. The molecule has 0 aromatic carbocycles. The van der Waals surface area contributed by atoms with Gasteiger partial charge in [0.1, 0.15) is 0 Å². The van der Waals surface area contributed by atoms with Crippen LogP contribution in [-0.4, -0.2) is 30.8 Å². The number of nitrogens with zero attached hydrogens (tertiary/aromatic N) is 3. The Morgan fingerprint density at radius 2 is 2.40 bits per heavy atom. The van der Waals surface area contributed by atoms with Crippen LogP contribution in [0, 0.1) is 0 Å². The summed E-state index contributed by atoms with van der Waals surface area (Å²) in [5, 5.41) is 15.9. The lowest BCUT2D eigenvalue weighted by Gasteiger charge is -1.97. The number of hydrogen-bond donors (Lipinski definition) is 2. The molecule has 0 radical (unpaired) electrons. The molecule has 7 heteroatoms. The van der Waals surface area contributed by atoms with Crippen LogP contribution in [0.25, 0.3) is 11.2 Å². The maximum atomic E-state index is 11.4. The minimum absolute atomic E-state index is 0.0901. The zero-order chi connectivity index (χ0) is 10.8. The Labute approximate surface area is 83.4 Å².